The number of methoxy groups -OCH3 is 1. The normalized spacial score (nSPS) is 13.8. The van der Waals surface area contributed by atoms with Crippen molar-refractivity contribution in [3.8, 4) is 17.2 Å². The molecule has 10 nitrogen and oxygen atoms in total. The second-order valence-corrected chi connectivity index (χ2v) is 12.3. The van der Waals surface area contributed by atoms with Gasteiger partial charge in [0.05, 0.1) is 17.7 Å². The second-order valence-electron chi connectivity index (χ2n) is 10.4. The van der Waals surface area contributed by atoms with Crippen molar-refractivity contribution in [1.82, 2.24) is 10.2 Å². The van der Waals surface area contributed by atoms with Gasteiger partial charge < -0.3 is 24.4 Å². The van der Waals surface area contributed by atoms with E-state index < -0.39 is 34.3 Å². The Balaban J connectivity index is 1.73. The number of hydrogen-bond acceptors (Lipinski definition) is 7. The Labute approximate surface area is 257 Å². The zero-order valence-electron chi connectivity index (χ0n) is 25.3. The number of carbonyl (C=O) groups excluding carboxylic acids is 2. The fraction of sp³-hybridized carbons (Fsp3) is 0.375. The quantitative estimate of drug-likeness (QED) is 0.296. The topological polar surface area (TPSA) is 114 Å². The third-order valence-electron chi connectivity index (χ3n) is 7.39. The number of anilines is 1. The van der Waals surface area contributed by atoms with Crippen molar-refractivity contribution in [3.05, 3.63) is 78.1 Å². The van der Waals surface area contributed by atoms with E-state index in [9.17, 15) is 22.4 Å². The minimum absolute atomic E-state index is 0.0383. The van der Waals surface area contributed by atoms with Crippen molar-refractivity contribution >= 4 is 27.5 Å². The van der Waals surface area contributed by atoms with Gasteiger partial charge in [-0.1, -0.05) is 26.0 Å². The first-order valence-electron chi connectivity index (χ1n) is 14.5. The predicted octanol–water partition coefficient (Wildman–Crippen LogP) is 4.52. The van der Waals surface area contributed by atoms with E-state index in [2.05, 4.69) is 5.32 Å². The van der Waals surface area contributed by atoms with E-state index in [4.69, 9.17) is 14.2 Å². The number of benzene rings is 3. The molecule has 0 spiro atoms. The highest BCUT2D eigenvalue weighted by atomic mass is 32.2. The van der Waals surface area contributed by atoms with Crippen molar-refractivity contribution in [2.75, 3.05) is 31.2 Å². The van der Waals surface area contributed by atoms with Gasteiger partial charge in [-0.05, 0) is 73.9 Å². The summed E-state index contributed by atoms with van der Waals surface area (Å²) in [5.41, 5.74) is 0.799. The van der Waals surface area contributed by atoms with Crippen molar-refractivity contribution in [3.63, 3.8) is 0 Å². The summed E-state index contributed by atoms with van der Waals surface area (Å²) in [4.78, 5) is 28.8. The molecule has 0 fully saturated rings. The Hall–Kier alpha value is -4.32. The van der Waals surface area contributed by atoms with Crippen LogP contribution in [0.1, 0.15) is 39.2 Å². The van der Waals surface area contributed by atoms with Crippen LogP contribution in [0, 0.1) is 5.82 Å². The highest BCUT2D eigenvalue weighted by Crippen LogP contribution is 2.34. The SMILES string of the molecule is CC[C@@H](C)NC(=O)[C@H](CC)N(Cc1ccc(OC)cc1)C(=O)CN(c1ccc(F)cc1)S(=O)(=O)c1ccc2c(c1)OCCO2. The van der Waals surface area contributed by atoms with Crippen LogP contribution in [0.25, 0.3) is 0 Å². The van der Waals surface area contributed by atoms with Crippen LogP contribution in [0.3, 0.4) is 0 Å². The zero-order valence-corrected chi connectivity index (χ0v) is 26.1. The Kier molecular flexibility index (Phi) is 10.7. The molecule has 1 aliphatic heterocycles. The summed E-state index contributed by atoms with van der Waals surface area (Å²) in [5, 5.41) is 2.94. The molecule has 0 aliphatic carbocycles. The first kappa shape index (κ1) is 32.6. The van der Waals surface area contributed by atoms with Crippen LogP contribution in [0.4, 0.5) is 10.1 Å². The Morgan fingerprint density at radius 1 is 0.955 bits per heavy atom. The number of nitrogens with zero attached hydrogens (tertiary/aromatic N) is 2. The van der Waals surface area contributed by atoms with Crippen LogP contribution in [-0.4, -0.2) is 64.1 Å². The maximum atomic E-state index is 14.2. The average Bonchev–Trinajstić information content (AvgIpc) is 3.03. The van der Waals surface area contributed by atoms with E-state index in [-0.39, 0.29) is 47.9 Å². The van der Waals surface area contributed by atoms with E-state index in [1.54, 1.807) is 38.3 Å². The van der Waals surface area contributed by atoms with E-state index in [0.717, 1.165) is 22.0 Å². The molecule has 0 saturated carbocycles. The summed E-state index contributed by atoms with van der Waals surface area (Å²) in [6, 6.07) is 15.1. The number of nitrogens with one attached hydrogen (secondary N) is 1. The first-order valence-corrected chi connectivity index (χ1v) is 15.9. The zero-order chi connectivity index (χ0) is 31.9. The smallest absolute Gasteiger partial charge is 0.264 e. The number of halogens is 1. The average molecular weight is 628 g/mol. The lowest BCUT2D eigenvalue weighted by molar-refractivity contribution is -0.140. The number of carbonyl (C=O) groups is 2. The highest BCUT2D eigenvalue weighted by Gasteiger charge is 2.34. The van der Waals surface area contributed by atoms with Gasteiger partial charge in [-0.25, -0.2) is 12.8 Å². The summed E-state index contributed by atoms with van der Waals surface area (Å²) in [5.74, 6) is -0.226. The minimum Gasteiger partial charge on any atom is -0.497 e. The minimum atomic E-state index is -4.38. The largest absolute Gasteiger partial charge is 0.497 e. The first-order chi connectivity index (χ1) is 21.1. The fourth-order valence-corrected chi connectivity index (χ4v) is 6.17. The standard InChI is InChI=1S/C32H38FN3O7S/c1-5-22(3)34-32(38)28(6-2)35(20-23-7-13-26(41-4)14-8-23)31(37)21-36(25-11-9-24(33)10-12-25)44(39,40)27-15-16-29-30(19-27)43-18-17-42-29/h7-16,19,22,28H,5-6,17-18,20-21H2,1-4H3,(H,34,38)/t22-,28+/m1/s1. The van der Waals surface area contributed by atoms with Gasteiger partial charge in [-0.2, -0.15) is 0 Å². The molecule has 236 valence electrons. The molecule has 0 unspecified atom stereocenters. The third-order valence-corrected chi connectivity index (χ3v) is 9.16. The van der Waals surface area contributed by atoms with Crippen LogP contribution in [0.2, 0.25) is 0 Å². The molecule has 1 N–H and O–H groups in total. The molecule has 0 radical (unpaired) electrons. The summed E-state index contributed by atoms with van der Waals surface area (Å²) in [6.45, 7) is 5.59. The Bertz CT molecular complexity index is 1550. The number of ether oxygens (including phenoxy) is 3. The third kappa shape index (κ3) is 7.60. The molecule has 3 aromatic rings. The lowest BCUT2D eigenvalue weighted by Crippen LogP contribution is -2.53. The molecular weight excluding hydrogens is 589 g/mol. The second kappa shape index (κ2) is 14.4. The molecular formula is C32H38FN3O7S. The molecule has 0 saturated heterocycles. The fourth-order valence-electron chi connectivity index (χ4n) is 4.74. The lowest BCUT2D eigenvalue weighted by Gasteiger charge is -2.34. The Morgan fingerprint density at radius 3 is 2.23 bits per heavy atom. The van der Waals surface area contributed by atoms with Gasteiger partial charge in [0.2, 0.25) is 11.8 Å². The van der Waals surface area contributed by atoms with Gasteiger partial charge in [0.25, 0.3) is 10.0 Å². The molecule has 1 heterocycles. The number of fused-ring (bicyclic) bond motifs is 1. The van der Waals surface area contributed by atoms with Crippen LogP contribution in [0.15, 0.2) is 71.6 Å². The molecule has 0 aromatic heterocycles. The molecule has 3 aromatic carbocycles. The van der Waals surface area contributed by atoms with Crippen LogP contribution >= 0.6 is 0 Å². The molecule has 44 heavy (non-hydrogen) atoms. The number of hydrogen-bond donors (Lipinski definition) is 1. The van der Waals surface area contributed by atoms with Gasteiger partial charge in [0, 0.05) is 18.7 Å². The van der Waals surface area contributed by atoms with Crippen molar-refractivity contribution in [2.24, 2.45) is 0 Å². The molecule has 4 rings (SSSR count). The van der Waals surface area contributed by atoms with Crippen LogP contribution in [-0.2, 0) is 26.2 Å². The van der Waals surface area contributed by atoms with Crippen molar-refractivity contribution in [1.29, 1.82) is 0 Å². The van der Waals surface area contributed by atoms with Gasteiger partial charge in [0.1, 0.15) is 37.4 Å². The van der Waals surface area contributed by atoms with E-state index >= 15 is 0 Å². The van der Waals surface area contributed by atoms with Crippen molar-refractivity contribution < 1.29 is 36.6 Å². The molecule has 12 heteroatoms. The van der Waals surface area contributed by atoms with E-state index in [1.807, 2.05) is 13.8 Å². The molecule has 2 amide bonds. The van der Waals surface area contributed by atoms with Crippen LogP contribution in [0.5, 0.6) is 17.2 Å². The van der Waals surface area contributed by atoms with E-state index in [0.29, 0.717) is 24.5 Å². The van der Waals surface area contributed by atoms with Gasteiger partial charge >= 0.3 is 0 Å². The number of rotatable bonds is 13. The predicted molar refractivity (Wildman–Crippen MR) is 164 cm³/mol. The Morgan fingerprint density at radius 2 is 1.61 bits per heavy atom. The molecule has 1 aliphatic rings. The van der Waals surface area contributed by atoms with Gasteiger partial charge in [-0.3, -0.25) is 13.9 Å². The van der Waals surface area contributed by atoms with E-state index in [1.165, 1.54) is 35.2 Å². The molecule has 2 atom stereocenters. The summed E-state index contributed by atoms with van der Waals surface area (Å²) in [6.07, 6.45) is 0.982. The summed E-state index contributed by atoms with van der Waals surface area (Å²) < 4.78 is 59.4. The summed E-state index contributed by atoms with van der Waals surface area (Å²) in [7, 11) is -2.83. The maximum Gasteiger partial charge on any atom is 0.264 e. The van der Waals surface area contributed by atoms with Crippen molar-refractivity contribution in [2.45, 2.75) is 57.1 Å². The van der Waals surface area contributed by atoms with Crippen LogP contribution < -0.4 is 23.8 Å². The maximum absolute atomic E-state index is 14.2. The highest BCUT2D eigenvalue weighted by molar-refractivity contribution is 7.92. The van der Waals surface area contributed by atoms with Gasteiger partial charge in [0.15, 0.2) is 11.5 Å². The monoisotopic (exact) mass is 627 g/mol. The number of amides is 2. The lowest BCUT2D eigenvalue weighted by atomic mass is 10.1. The van der Waals surface area contributed by atoms with Gasteiger partial charge in [-0.15, -0.1) is 0 Å². The number of sulfonamides is 1. The molecule has 0 bridgehead atoms. The summed E-state index contributed by atoms with van der Waals surface area (Å²) >= 11 is 0.